The molecule has 0 aliphatic carbocycles. The van der Waals surface area contributed by atoms with Crippen LogP contribution in [0.1, 0.15) is 19.3 Å². The number of nitrogens with two attached hydrogens (primary N) is 1. The molecule has 1 atom stereocenters. The molecule has 3 N–H and O–H groups in total. The van der Waals surface area contributed by atoms with Crippen LogP contribution in [0.5, 0.6) is 0 Å². The predicted octanol–water partition coefficient (Wildman–Crippen LogP) is 0.192. The largest absolute Gasteiger partial charge is 0.355 e. The van der Waals surface area contributed by atoms with E-state index in [-0.39, 0.29) is 28.9 Å². The van der Waals surface area contributed by atoms with Gasteiger partial charge in [-0.1, -0.05) is 0 Å². The van der Waals surface area contributed by atoms with Crippen molar-refractivity contribution in [3.05, 3.63) is 0 Å². The van der Waals surface area contributed by atoms with Crippen LogP contribution in [-0.4, -0.2) is 18.5 Å². The van der Waals surface area contributed by atoms with Crippen LogP contribution >= 0.6 is 17.0 Å². The standard InChI is InChI=1S/C6H12N2O.BrH/c7-5-3-1-2-4-8-6(5)9;/h5H,1-4,7H2,(H,8,9);1H/t5-;/m0./s1. The molecule has 1 aliphatic heterocycles. The molecule has 0 spiro atoms. The van der Waals surface area contributed by atoms with Gasteiger partial charge in [0.1, 0.15) is 0 Å². The monoisotopic (exact) mass is 208 g/mol. The normalized spacial score (nSPS) is 26.1. The maximum atomic E-state index is 10.8. The van der Waals surface area contributed by atoms with Crippen molar-refractivity contribution >= 4 is 22.9 Å². The number of hydrogen-bond acceptors (Lipinski definition) is 2. The number of carbonyl (C=O) groups excluding carboxylic acids is 1. The molecular weight excluding hydrogens is 196 g/mol. The van der Waals surface area contributed by atoms with Crippen molar-refractivity contribution in [3.8, 4) is 0 Å². The molecule has 0 aromatic rings. The van der Waals surface area contributed by atoms with Gasteiger partial charge in [0.2, 0.25) is 5.91 Å². The van der Waals surface area contributed by atoms with Crippen LogP contribution < -0.4 is 11.1 Å². The molecule has 0 unspecified atom stereocenters. The molecule has 1 saturated heterocycles. The fourth-order valence-corrected chi connectivity index (χ4v) is 0.963. The summed E-state index contributed by atoms with van der Waals surface area (Å²) in [4.78, 5) is 10.8. The summed E-state index contributed by atoms with van der Waals surface area (Å²) < 4.78 is 0. The highest BCUT2D eigenvalue weighted by Gasteiger charge is 2.14. The summed E-state index contributed by atoms with van der Waals surface area (Å²) in [6.45, 7) is 0.798. The lowest BCUT2D eigenvalue weighted by molar-refractivity contribution is -0.122. The Bertz CT molecular complexity index is 118. The van der Waals surface area contributed by atoms with Crippen LogP contribution in [0.25, 0.3) is 0 Å². The minimum Gasteiger partial charge on any atom is -0.355 e. The number of carbonyl (C=O) groups is 1. The minimum absolute atomic E-state index is 0. The summed E-state index contributed by atoms with van der Waals surface area (Å²) in [5, 5.41) is 2.73. The van der Waals surface area contributed by atoms with E-state index in [1.165, 1.54) is 0 Å². The van der Waals surface area contributed by atoms with Crippen LogP contribution in [0.3, 0.4) is 0 Å². The zero-order chi connectivity index (χ0) is 6.69. The van der Waals surface area contributed by atoms with Gasteiger partial charge in [0.15, 0.2) is 0 Å². The van der Waals surface area contributed by atoms with Crippen LogP contribution in [0, 0.1) is 0 Å². The number of amides is 1. The summed E-state index contributed by atoms with van der Waals surface area (Å²) in [5.41, 5.74) is 5.47. The van der Waals surface area contributed by atoms with Crippen molar-refractivity contribution in [1.82, 2.24) is 5.32 Å². The highest BCUT2D eigenvalue weighted by Crippen LogP contribution is 2.01. The van der Waals surface area contributed by atoms with Gasteiger partial charge >= 0.3 is 0 Å². The van der Waals surface area contributed by atoms with Crippen molar-refractivity contribution in [3.63, 3.8) is 0 Å². The van der Waals surface area contributed by atoms with E-state index < -0.39 is 0 Å². The lowest BCUT2D eigenvalue weighted by atomic mass is 10.1. The second-order valence-electron chi connectivity index (χ2n) is 2.39. The molecule has 4 heteroatoms. The van der Waals surface area contributed by atoms with Crippen LogP contribution in [0.2, 0.25) is 0 Å². The molecule has 0 aromatic carbocycles. The Hall–Kier alpha value is -0.0900. The van der Waals surface area contributed by atoms with Gasteiger partial charge in [0.05, 0.1) is 6.04 Å². The van der Waals surface area contributed by atoms with E-state index in [1.807, 2.05) is 0 Å². The van der Waals surface area contributed by atoms with Crippen LogP contribution in [0.15, 0.2) is 0 Å². The third-order valence-electron chi connectivity index (χ3n) is 1.58. The van der Waals surface area contributed by atoms with Crippen LogP contribution in [-0.2, 0) is 4.79 Å². The summed E-state index contributed by atoms with van der Waals surface area (Å²) in [7, 11) is 0. The van der Waals surface area contributed by atoms with Gasteiger partial charge in [-0.25, -0.2) is 0 Å². The Morgan fingerprint density at radius 2 is 2.20 bits per heavy atom. The van der Waals surface area contributed by atoms with Gasteiger partial charge in [-0.15, -0.1) is 17.0 Å². The number of halogens is 1. The molecule has 10 heavy (non-hydrogen) atoms. The molecule has 3 nitrogen and oxygen atoms in total. The number of hydrogen-bond donors (Lipinski definition) is 2. The van der Waals surface area contributed by atoms with Gasteiger partial charge in [-0.05, 0) is 19.3 Å². The average molecular weight is 209 g/mol. The fraction of sp³-hybridized carbons (Fsp3) is 0.833. The van der Waals surface area contributed by atoms with Gasteiger partial charge in [0, 0.05) is 6.54 Å². The summed E-state index contributed by atoms with van der Waals surface area (Å²) >= 11 is 0. The van der Waals surface area contributed by atoms with Crippen molar-refractivity contribution in [2.75, 3.05) is 6.54 Å². The molecule has 0 bridgehead atoms. The topological polar surface area (TPSA) is 55.1 Å². The molecule has 1 heterocycles. The first kappa shape index (κ1) is 9.91. The fourth-order valence-electron chi connectivity index (χ4n) is 0.963. The first-order chi connectivity index (χ1) is 4.30. The lowest BCUT2D eigenvalue weighted by Crippen LogP contribution is -2.38. The number of rotatable bonds is 0. The Morgan fingerprint density at radius 3 is 2.90 bits per heavy atom. The molecule has 0 radical (unpaired) electrons. The van der Waals surface area contributed by atoms with Gasteiger partial charge in [-0.2, -0.15) is 0 Å². The summed E-state index contributed by atoms with van der Waals surface area (Å²) in [6.07, 6.45) is 2.98. The van der Waals surface area contributed by atoms with Crippen molar-refractivity contribution < 1.29 is 4.79 Å². The second-order valence-corrected chi connectivity index (χ2v) is 2.39. The molecular formula is C6H13BrN2O. The zero-order valence-electron chi connectivity index (χ0n) is 5.80. The van der Waals surface area contributed by atoms with Crippen LogP contribution in [0.4, 0.5) is 0 Å². The zero-order valence-corrected chi connectivity index (χ0v) is 7.51. The smallest absolute Gasteiger partial charge is 0.236 e. The molecule has 1 aliphatic rings. The van der Waals surface area contributed by atoms with E-state index in [1.54, 1.807) is 0 Å². The Kier molecular flexibility index (Phi) is 4.64. The first-order valence-electron chi connectivity index (χ1n) is 3.34. The second kappa shape index (κ2) is 4.68. The lowest BCUT2D eigenvalue weighted by Gasteiger charge is -2.03. The first-order valence-corrected chi connectivity index (χ1v) is 3.34. The minimum atomic E-state index is -0.257. The SMILES string of the molecule is Br.N[C@H]1CCCCNC1=O. The Balaban J connectivity index is 0.000000810. The third-order valence-corrected chi connectivity index (χ3v) is 1.58. The molecule has 1 amide bonds. The Morgan fingerprint density at radius 1 is 1.50 bits per heavy atom. The van der Waals surface area contributed by atoms with Gasteiger partial charge in [-0.3, -0.25) is 4.79 Å². The quantitative estimate of drug-likeness (QED) is 0.598. The van der Waals surface area contributed by atoms with Gasteiger partial charge < -0.3 is 11.1 Å². The average Bonchev–Trinajstić information content (AvgIpc) is 1.99. The van der Waals surface area contributed by atoms with E-state index in [9.17, 15) is 4.79 Å². The highest BCUT2D eigenvalue weighted by atomic mass is 79.9. The Labute approximate surface area is 71.1 Å². The summed E-state index contributed by atoms with van der Waals surface area (Å²) in [6, 6.07) is -0.257. The van der Waals surface area contributed by atoms with E-state index >= 15 is 0 Å². The van der Waals surface area contributed by atoms with E-state index in [2.05, 4.69) is 5.32 Å². The van der Waals surface area contributed by atoms with E-state index in [0.29, 0.717) is 0 Å². The molecule has 1 rings (SSSR count). The molecule has 0 aromatic heterocycles. The molecule has 60 valence electrons. The number of nitrogens with one attached hydrogen (secondary N) is 1. The van der Waals surface area contributed by atoms with E-state index in [0.717, 1.165) is 25.8 Å². The maximum absolute atomic E-state index is 10.8. The predicted molar refractivity (Wildman–Crippen MR) is 45.2 cm³/mol. The molecule has 1 fully saturated rings. The van der Waals surface area contributed by atoms with Crippen molar-refractivity contribution in [1.29, 1.82) is 0 Å². The summed E-state index contributed by atoms with van der Waals surface area (Å²) in [5.74, 6) is 0.00694. The van der Waals surface area contributed by atoms with Gasteiger partial charge in [0.25, 0.3) is 0 Å². The van der Waals surface area contributed by atoms with E-state index in [4.69, 9.17) is 5.73 Å². The van der Waals surface area contributed by atoms with Crippen molar-refractivity contribution in [2.45, 2.75) is 25.3 Å². The van der Waals surface area contributed by atoms with Crippen molar-refractivity contribution in [2.24, 2.45) is 5.73 Å². The maximum Gasteiger partial charge on any atom is 0.236 e. The highest BCUT2D eigenvalue weighted by molar-refractivity contribution is 8.93. The third kappa shape index (κ3) is 2.66. The molecule has 0 saturated carbocycles.